The lowest BCUT2D eigenvalue weighted by molar-refractivity contribution is 0.222. The van der Waals surface area contributed by atoms with E-state index in [2.05, 4.69) is 49.4 Å². The van der Waals surface area contributed by atoms with Crippen molar-refractivity contribution in [2.45, 2.75) is 32.9 Å². The fourth-order valence-corrected chi connectivity index (χ4v) is 2.03. The second-order valence-corrected chi connectivity index (χ2v) is 4.34. The van der Waals surface area contributed by atoms with Gasteiger partial charge in [0, 0.05) is 6.04 Å². The van der Waals surface area contributed by atoms with Crippen LogP contribution >= 0.6 is 0 Å². The summed E-state index contributed by atoms with van der Waals surface area (Å²) in [6, 6.07) is 10.7. The molecule has 0 bridgehead atoms. The van der Waals surface area contributed by atoms with Crippen molar-refractivity contribution in [1.29, 1.82) is 0 Å². The van der Waals surface area contributed by atoms with Crippen LogP contribution in [0.4, 0.5) is 0 Å². The standard InChI is InChI=1S/C13H18BNO/c1-4-10(2)14-15-11(3)13(16-14)12-8-6-5-7-9-12/h4-9,11,13,15H,1-3H3/b10-4+/t11-,13-/m0/s1. The predicted octanol–water partition coefficient (Wildman–Crippen LogP) is 2.73. The molecule has 1 heterocycles. The van der Waals surface area contributed by atoms with Crippen LogP contribution in [-0.2, 0) is 4.65 Å². The smallest absolute Gasteiger partial charge is 0.409 e. The molecular weight excluding hydrogens is 197 g/mol. The number of allylic oxidation sites excluding steroid dienone is 2. The summed E-state index contributed by atoms with van der Waals surface area (Å²) in [5.41, 5.74) is 2.49. The molecule has 0 unspecified atom stereocenters. The molecule has 0 aliphatic carbocycles. The molecule has 0 spiro atoms. The summed E-state index contributed by atoms with van der Waals surface area (Å²) in [5, 5.41) is 3.46. The molecule has 0 aromatic heterocycles. The van der Waals surface area contributed by atoms with Gasteiger partial charge in [0.05, 0.1) is 6.10 Å². The number of hydrogen-bond donors (Lipinski definition) is 1. The average molecular weight is 215 g/mol. The fraction of sp³-hybridized carbons (Fsp3) is 0.385. The Labute approximate surface area is 97.8 Å². The SMILES string of the molecule is C/C=C(\C)B1N[C@@H](C)[C@@H](c2ccccc2)O1. The molecule has 1 aliphatic rings. The van der Waals surface area contributed by atoms with Gasteiger partial charge in [-0.3, -0.25) is 0 Å². The normalized spacial score (nSPS) is 26.2. The Hall–Kier alpha value is -1.06. The average Bonchev–Trinajstić information content (AvgIpc) is 2.71. The Bertz CT molecular complexity index is 377. The van der Waals surface area contributed by atoms with Crippen molar-refractivity contribution >= 4 is 7.05 Å². The minimum atomic E-state index is 0.0604. The highest BCUT2D eigenvalue weighted by Gasteiger charge is 2.36. The minimum Gasteiger partial charge on any atom is -0.409 e. The van der Waals surface area contributed by atoms with Crippen LogP contribution < -0.4 is 5.23 Å². The second-order valence-electron chi connectivity index (χ2n) is 4.34. The molecule has 1 aromatic rings. The Balaban J connectivity index is 2.14. The van der Waals surface area contributed by atoms with Crippen LogP contribution in [0.3, 0.4) is 0 Å². The van der Waals surface area contributed by atoms with Crippen molar-refractivity contribution in [3.05, 3.63) is 47.4 Å². The van der Waals surface area contributed by atoms with Gasteiger partial charge in [0.1, 0.15) is 0 Å². The molecular formula is C13H18BNO. The van der Waals surface area contributed by atoms with E-state index in [1.54, 1.807) is 0 Å². The van der Waals surface area contributed by atoms with Crippen molar-refractivity contribution in [3.63, 3.8) is 0 Å². The molecule has 2 rings (SSSR count). The maximum atomic E-state index is 6.03. The van der Waals surface area contributed by atoms with E-state index in [9.17, 15) is 0 Å². The van der Waals surface area contributed by atoms with Crippen LogP contribution in [0.15, 0.2) is 41.9 Å². The summed E-state index contributed by atoms with van der Waals surface area (Å²) in [5.74, 6) is 0. The van der Waals surface area contributed by atoms with E-state index >= 15 is 0 Å². The maximum absolute atomic E-state index is 6.03. The summed E-state index contributed by atoms with van der Waals surface area (Å²) in [4.78, 5) is 0. The van der Waals surface area contributed by atoms with Gasteiger partial charge in [-0.25, -0.2) is 0 Å². The second kappa shape index (κ2) is 4.85. The van der Waals surface area contributed by atoms with Crippen LogP contribution in [0.1, 0.15) is 32.4 Å². The molecule has 2 atom stereocenters. The molecule has 16 heavy (non-hydrogen) atoms. The first-order valence-electron chi connectivity index (χ1n) is 5.81. The third-order valence-electron chi connectivity index (χ3n) is 3.15. The first-order valence-corrected chi connectivity index (χ1v) is 5.81. The van der Waals surface area contributed by atoms with Gasteiger partial charge < -0.3 is 9.88 Å². The van der Waals surface area contributed by atoms with Gasteiger partial charge in [-0.1, -0.05) is 41.9 Å². The quantitative estimate of drug-likeness (QED) is 0.766. The zero-order valence-corrected chi connectivity index (χ0v) is 10.1. The highest BCUT2D eigenvalue weighted by molar-refractivity contribution is 6.58. The topological polar surface area (TPSA) is 21.3 Å². The molecule has 3 heteroatoms. The molecule has 1 saturated heterocycles. The zero-order chi connectivity index (χ0) is 11.5. The molecule has 0 amide bonds. The van der Waals surface area contributed by atoms with Crippen molar-refractivity contribution in [1.82, 2.24) is 5.23 Å². The van der Waals surface area contributed by atoms with Crippen LogP contribution in [0, 0.1) is 0 Å². The van der Waals surface area contributed by atoms with Crippen molar-refractivity contribution in [2.75, 3.05) is 0 Å². The first-order chi connectivity index (χ1) is 7.72. The Morgan fingerprint density at radius 3 is 2.69 bits per heavy atom. The lowest BCUT2D eigenvalue weighted by Gasteiger charge is -2.15. The molecule has 2 nitrogen and oxygen atoms in total. The number of rotatable bonds is 2. The Morgan fingerprint density at radius 2 is 2.06 bits per heavy atom. The third-order valence-corrected chi connectivity index (χ3v) is 3.15. The summed E-state index contributed by atoms with van der Waals surface area (Å²) in [7, 11) is 0.0604. The minimum absolute atomic E-state index is 0.0604. The lowest BCUT2D eigenvalue weighted by Crippen LogP contribution is -2.34. The molecule has 1 fully saturated rings. The largest absolute Gasteiger partial charge is 0.411 e. The summed E-state index contributed by atoms with van der Waals surface area (Å²) in [6.07, 6.45) is 2.25. The van der Waals surface area contributed by atoms with Crippen molar-refractivity contribution in [3.8, 4) is 0 Å². The highest BCUT2D eigenvalue weighted by atomic mass is 16.5. The highest BCUT2D eigenvalue weighted by Crippen LogP contribution is 2.28. The number of benzene rings is 1. The molecule has 1 aromatic carbocycles. The summed E-state index contributed by atoms with van der Waals surface area (Å²) in [6.45, 7) is 6.30. The van der Waals surface area contributed by atoms with E-state index in [1.807, 2.05) is 13.0 Å². The Morgan fingerprint density at radius 1 is 1.38 bits per heavy atom. The van der Waals surface area contributed by atoms with E-state index in [4.69, 9.17) is 4.65 Å². The molecule has 0 radical (unpaired) electrons. The number of hydrogen-bond acceptors (Lipinski definition) is 2. The van der Waals surface area contributed by atoms with Crippen molar-refractivity contribution < 1.29 is 4.65 Å². The van der Waals surface area contributed by atoms with Crippen molar-refractivity contribution in [2.24, 2.45) is 0 Å². The van der Waals surface area contributed by atoms with Gasteiger partial charge in [0.2, 0.25) is 0 Å². The van der Waals surface area contributed by atoms with Gasteiger partial charge in [-0.15, -0.1) is 0 Å². The zero-order valence-electron chi connectivity index (χ0n) is 10.1. The van der Waals surface area contributed by atoms with Gasteiger partial charge in [0.25, 0.3) is 0 Å². The molecule has 84 valence electrons. The van der Waals surface area contributed by atoms with E-state index in [0.29, 0.717) is 6.04 Å². The van der Waals surface area contributed by atoms with Crippen LogP contribution in [0.5, 0.6) is 0 Å². The number of nitrogens with one attached hydrogen (secondary N) is 1. The monoisotopic (exact) mass is 215 g/mol. The van der Waals surface area contributed by atoms with E-state index in [1.165, 1.54) is 11.0 Å². The fourth-order valence-electron chi connectivity index (χ4n) is 2.03. The van der Waals surface area contributed by atoms with Gasteiger partial charge in [-0.05, 0) is 26.3 Å². The molecule has 1 aliphatic heterocycles. The predicted molar refractivity (Wildman–Crippen MR) is 68.1 cm³/mol. The van der Waals surface area contributed by atoms with Gasteiger partial charge in [-0.2, -0.15) is 0 Å². The van der Waals surface area contributed by atoms with Crippen LogP contribution in [-0.4, -0.2) is 13.1 Å². The van der Waals surface area contributed by atoms with Crippen LogP contribution in [0.25, 0.3) is 0 Å². The van der Waals surface area contributed by atoms with E-state index in [-0.39, 0.29) is 13.2 Å². The Kier molecular flexibility index (Phi) is 3.47. The van der Waals surface area contributed by atoms with Crippen LogP contribution in [0.2, 0.25) is 0 Å². The third kappa shape index (κ3) is 2.20. The first kappa shape index (κ1) is 11.4. The van der Waals surface area contributed by atoms with Gasteiger partial charge in [0.15, 0.2) is 0 Å². The van der Waals surface area contributed by atoms with E-state index in [0.717, 1.165) is 0 Å². The lowest BCUT2D eigenvalue weighted by atomic mass is 9.74. The molecule has 1 N–H and O–H groups in total. The summed E-state index contributed by atoms with van der Waals surface area (Å²) < 4.78 is 6.03. The van der Waals surface area contributed by atoms with Gasteiger partial charge >= 0.3 is 7.05 Å². The molecule has 0 saturated carbocycles. The maximum Gasteiger partial charge on any atom is 0.411 e. The summed E-state index contributed by atoms with van der Waals surface area (Å²) >= 11 is 0. The van der Waals surface area contributed by atoms with E-state index < -0.39 is 0 Å².